The van der Waals surface area contributed by atoms with Crippen LogP contribution >= 0.6 is 15.9 Å². The van der Waals surface area contributed by atoms with Gasteiger partial charge in [0.15, 0.2) is 0 Å². The van der Waals surface area contributed by atoms with Gasteiger partial charge in [-0.1, -0.05) is 0 Å². The maximum absolute atomic E-state index is 12.2. The number of nitrogens with zero attached hydrogens (tertiary/aromatic N) is 4. The van der Waals surface area contributed by atoms with Crippen LogP contribution in [0.1, 0.15) is 15.9 Å². The first-order valence-electron chi connectivity index (χ1n) is 5.61. The lowest BCUT2D eigenvalue weighted by Gasteiger charge is -2.07. The Hall–Kier alpha value is -2.73. The summed E-state index contributed by atoms with van der Waals surface area (Å²) in [5.74, 6) is -0.355. The first-order valence-corrected chi connectivity index (χ1v) is 6.40. The number of carbonyl (C=O) groups excluding carboxylic acids is 1. The molecule has 1 N–H and O–H groups in total. The number of hydrogen-bond acceptors (Lipinski definition) is 5. The van der Waals surface area contributed by atoms with Crippen LogP contribution in [0.4, 0.5) is 11.5 Å². The number of rotatable bonds is 3. The van der Waals surface area contributed by atoms with Crippen LogP contribution in [0.15, 0.2) is 28.9 Å². The number of nitriles is 1. The standard InChI is InChI=1S/C12H8BrN5O3/c1-17-11(7(5-14)6-15-17)16-12(19)9-4-8(18(20)21)2-3-10(9)13/h2-4,6H,1H3,(H,16,19). The fraction of sp³-hybridized carbons (Fsp3) is 0.0833. The van der Waals surface area contributed by atoms with E-state index in [1.807, 2.05) is 6.07 Å². The zero-order chi connectivity index (χ0) is 15.6. The second-order valence-electron chi connectivity index (χ2n) is 4.02. The van der Waals surface area contributed by atoms with Crippen molar-refractivity contribution in [1.82, 2.24) is 9.78 Å². The predicted octanol–water partition coefficient (Wildman–Crippen LogP) is 2.21. The van der Waals surface area contributed by atoms with Crippen molar-refractivity contribution in [2.24, 2.45) is 7.05 Å². The number of aromatic nitrogens is 2. The molecule has 2 rings (SSSR count). The molecular weight excluding hydrogens is 342 g/mol. The summed E-state index contributed by atoms with van der Waals surface area (Å²) in [5.41, 5.74) is 0.0931. The SMILES string of the molecule is Cn1ncc(C#N)c1NC(=O)c1cc([N+](=O)[O-])ccc1Br. The minimum atomic E-state index is -0.589. The van der Waals surface area contributed by atoms with Crippen molar-refractivity contribution in [3.8, 4) is 6.07 Å². The van der Waals surface area contributed by atoms with E-state index in [2.05, 4.69) is 26.3 Å². The van der Waals surface area contributed by atoms with Gasteiger partial charge in [-0.2, -0.15) is 10.4 Å². The molecule has 1 amide bonds. The number of nitrogens with one attached hydrogen (secondary N) is 1. The molecule has 1 heterocycles. The van der Waals surface area contributed by atoms with Crippen molar-refractivity contribution < 1.29 is 9.72 Å². The molecule has 2 aromatic rings. The fourth-order valence-corrected chi connectivity index (χ4v) is 2.07. The molecule has 0 aliphatic heterocycles. The van der Waals surface area contributed by atoms with Crippen LogP contribution in [0.25, 0.3) is 0 Å². The Morgan fingerprint density at radius 3 is 2.90 bits per heavy atom. The van der Waals surface area contributed by atoms with Crippen LogP contribution in [0.5, 0.6) is 0 Å². The van der Waals surface area contributed by atoms with Gasteiger partial charge in [0.25, 0.3) is 11.6 Å². The molecule has 0 aliphatic carbocycles. The molecule has 0 saturated heterocycles. The van der Waals surface area contributed by atoms with Gasteiger partial charge in [0.2, 0.25) is 0 Å². The fourth-order valence-electron chi connectivity index (χ4n) is 1.64. The molecule has 21 heavy (non-hydrogen) atoms. The number of anilines is 1. The van der Waals surface area contributed by atoms with Crippen molar-refractivity contribution in [2.45, 2.75) is 0 Å². The third-order valence-electron chi connectivity index (χ3n) is 2.70. The van der Waals surface area contributed by atoms with Crippen LogP contribution in [0.2, 0.25) is 0 Å². The maximum atomic E-state index is 12.2. The lowest BCUT2D eigenvalue weighted by Crippen LogP contribution is -2.16. The van der Waals surface area contributed by atoms with Crippen LogP contribution in [0.3, 0.4) is 0 Å². The van der Waals surface area contributed by atoms with E-state index < -0.39 is 10.8 Å². The first kappa shape index (κ1) is 14.7. The monoisotopic (exact) mass is 349 g/mol. The van der Waals surface area contributed by atoms with E-state index in [-0.39, 0.29) is 22.6 Å². The number of nitro groups is 1. The second kappa shape index (κ2) is 5.72. The highest BCUT2D eigenvalue weighted by atomic mass is 79.9. The topological polar surface area (TPSA) is 114 Å². The number of amides is 1. The van der Waals surface area contributed by atoms with Gasteiger partial charge in [-0.05, 0) is 22.0 Å². The summed E-state index contributed by atoms with van der Waals surface area (Å²) in [6.45, 7) is 0. The Balaban J connectivity index is 2.37. The highest BCUT2D eigenvalue weighted by molar-refractivity contribution is 9.10. The summed E-state index contributed by atoms with van der Waals surface area (Å²) in [7, 11) is 1.57. The van der Waals surface area contributed by atoms with Crippen LogP contribution in [-0.4, -0.2) is 20.6 Å². The third-order valence-corrected chi connectivity index (χ3v) is 3.39. The Labute approximate surface area is 127 Å². The average molecular weight is 350 g/mol. The minimum Gasteiger partial charge on any atom is -0.306 e. The molecule has 0 aliphatic rings. The number of nitro benzene ring substituents is 1. The number of aryl methyl sites for hydroxylation is 1. The van der Waals surface area contributed by atoms with E-state index in [1.165, 1.54) is 23.0 Å². The van der Waals surface area contributed by atoms with Gasteiger partial charge in [0.1, 0.15) is 17.5 Å². The Bertz CT molecular complexity index is 778. The van der Waals surface area contributed by atoms with Crippen molar-refractivity contribution in [1.29, 1.82) is 5.26 Å². The summed E-state index contributed by atoms with van der Waals surface area (Å²) >= 11 is 3.17. The molecule has 0 atom stereocenters. The van der Waals surface area contributed by atoms with E-state index in [9.17, 15) is 14.9 Å². The Kier molecular flexibility index (Phi) is 4.00. The summed E-state index contributed by atoms with van der Waals surface area (Å²) in [6, 6.07) is 5.76. The summed E-state index contributed by atoms with van der Waals surface area (Å²) in [5, 5.41) is 26.1. The van der Waals surface area contributed by atoms with E-state index in [4.69, 9.17) is 5.26 Å². The van der Waals surface area contributed by atoms with Gasteiger partial charge >= 0.3 is 0 Å². The van der Waals surface area contributed by atoms with Crippen molar-refractivity contribution >= 4 is 33.3 Å². The van der Waals surface area contributed by atoms with E-state index in [0.717, 1.165) is 6.07 Å². The van der Waals surface area contributed by atoms with Gasteiger partial charge in [0, 0.05) is 23.7 Å². The highest BCUT2D eigenvalue weighted by Gasteiger charge is 2.18. The number of non-ortho nitro benzene ring substituents is 1. The molecular formula is C12H8BrN5O3. The molecule has 0 unspecified atom stereocenters. The molecule has 0 spiro atoms. The predicted molar refractivity (Wildman–Crippen MR) is 76.7 cm³/mol. The van der Waals surface area contributed by atoms with Crippen molar-refractivity contribution in [3.05, 3.63) is 50.1 Å². The number of hydrogen-bond donors (Lipinski definition) is 1. The Morgan fingerprint density at radius 1 is 1.57 bits per heavy atom. The van der Waals surface area contributed by atoms with Gasteiger partial charge < -0.3 is 5.32 Å². The average Bonchev–Trinajstić information content (AvgIpc) is 2.79. The number of halogens is 1. The number of benzene rings is 1. The molecule has 0 saturated carbocycles. The molecule has 0 bridgehead atoms. The molecule has 9 heteroatoms. The Morgan fingerprint density at radius 2 is 2.29 bits per heavy atom. The maximum Gasteiger partial charge on any atom is 0.270 e. The van der Waals surface area contributed by atoms with Gasteiger partial charge in [-0.3, -0.25) is 19.6 Å². The largest absolute Gasteiger partial charge is 0.306 e. The highest BCUT2D eigenvalue weighted by Crippen LogP contribution is 2.24. The molecule has 106 valence electrons. The van der Waals surface area contributed by atoms with Gasteiger partial charge in [-0.25, -0.2) is 0 Å². The normalized spacial score (nSPS) is 9.95. The lowest BCUT2D eigenvalue weighted by molar-refractivity contribution is -0.384. The summed E-state index contributed by atoms with van der Waals surface area (Å²) in [4.78, 5) is 22.4. The van der Waals surface area contributed by atoms with Crippen LogP contribution < -0.4 is 5.32 Å². The first-order chi connectivity index (χ1) is 9.93. The molecule has 1 aromatic heterocycles. The van der Waals surface area contributed by atoms with E-state index in [1.54, 1.807) is 7.05 Å². The zero-order valence-corrected chi connectivity index (χ0v) is 12.3. The molecule has 1 aromatic carbocycles. The molecule has 8 nitrogen and oxygen atoms in total. The van der Waals surface area contributed by atoms with Crippen molar-refractivity contribution in [3.63, 3.8) is 0 Å². The summed E-state index contributed by atoms with van der Waals surface area (Å²) < 4.78 is 1.74. The third kappa shape index (κ3) is 2.90. The molecule has 0 fully saturated rings. The van der Waals surface area contributed by atoms with E-state index >= 15 is 0 Å². The van der Waals surface area contributed by atoms with Crippen LogP contribution in [0, 0.1) is 21.4 Å². The zero-order valence-electron chi connectivity index (χ0n) is 10.7. The molecule has 0 radical (unpaired) electrons. The summed E-state index contributed by atoms with van der Waals surface area (Å²) in [6.07, 6.45) is 1.32. The quantitative estimate of drug-likeness (QED) is 0.673. The smallest absolute Gasteiger partial charge is 0.270 e. The lowest BCUT2D eigenvalue weighted by atomic mass is 10.2. The minimum absolute atomic E-state index is 0.0919. The second-order valence-corrected chi connectivity index (χ2v) is 4.87. The van der Waals surface area contributed by atoms with Crippen LogP contribution in [-0.2, 0) is 7.05 Å². The number of carbonyl (C=O) groups is 1. The van der Waals surface area contributed by atoms with E-state index in [0.29, 0.717) is 4.47 Å². The van der Waals surface area contributed by atoms with Gasteiger partial charge in [-0.15, -0.1) is 0 Å². The van der Waals surface area contributed by atoms with Crippen molar-refractivity contribution in [2.75, 3.05) is 5.32 Å². The van der Waals surface area contributed by atoms with Gasteiger partial charge in [0.05, 0.1) is 16.7 Å².